The van der Waals surface area contributed by atoms with E-state index in [1.807, 2.05) is 0 Å². The maximum absolute atomic E-state index is 11.8. The molecule has 0 aliphatic heterocycles. The van der Waals surface area contributed by atoms with Crippen molar-refractivity contribution in [2.45, 2.75) is 31.7 Å². The Morgan fingerprint density at radius 2 is 2.24 bits per heavy atom. The van der Waals surface area contributed by atoms with Crippen LogP contribution < -0.4 is 11.1 Å². The van der Waals surface area contributed by atoms with Gasteiger partial charge in [0.15, 0.2) is 0 Å². The number of hydrogen-bond donors (Lipinski definition) is 3. The highest BCUT2D eigenvalue weighted by Gasteiger charge is 2.32. The summed E-state index contributed by atoms with van der Waals surface area (Å²) >= 11 is 0. The van der Waals surface area contributed by atoms with Crippen molar-refractivity contribution in [3.63, 3.8) is 0 Å². The van der Waals surface area contributed by atoms with Crippen LogP contribution in [0.5, 0.6) is 5.75 Å². The Kier molecular flexibility index (Phi) is 3.07. The van der Waals surface area contributed by atoms with E-state index in [-0.39, 0.29) is 17.2 Å². The fourth-order valence-electron chi connectivity index (χ4n) is 1.92. The molecule has 17 heavy (non-hydrogen) atoms. The summed E-state index contributed by atoms with van der Waals surface area (Å²) in [6, 6.07) is 4.91. The predicted molar refractivity (Wildman–Crippen MR) is 65.9 cm³/mol. The summed E-state index contributed by atoms with van der Waals surface area (Å²) in [5, 5.41) is 12.3. The van der Waals surface area contributed by atoms with Crippen LogP contribution in [-0.4, -0.2) is 23.1 Å². The van der Waals surface area contributed by atoms with Crippen LogP contribution in [0.2, 0.25) is 0 Å². The maximum atomic E-state index is 11.8. The maximum Gasteiger partial charge on any atom is 0.251 e. The highest BCUT2D eigenvalue weighted by Crippen LogP contribution is 2.28. The Morgan fingerprint density at radius 3 is 2.76 bits per heavy atom. The van der Waals surface area contributed by atoms with Crippen molar-refractivity contribution in [2.24, 2.45) is 5.73 Å². The van der Waals surface area contributed by atoms with Gasteiger partial charge in [-0.15, -0.1) is 0 Å². The molecule has 0 radical (unpaired) electrons. The molecule has 4 nitrogen and oxygen atoms in total. The normalized spacial score (nSPS) is 17.3. The molecule has 1 aromatic carbocycles. The third kappa shape index (κ3) is 2.58. The van der Waals surface area contributed by atoms with E-state index in [0.717, 1.165) is 24.8 Å². The molecule has 0 aromatic heterocycles. The molecule has 92 valence electrons. The predicted octanol–water partition coefficient (Wildman–Crippen LogP) is 1.31. The van der Waals surface area contributed by atoms with Crippen LogP contribution in [0.4, 0.5) is 0 Å². The first kappa shape index (κ1) is 11.9. The van der Waals surface area contributed by atoms with Crippen molar-refractivity contribution in [3.05, 3.63) is 29.3 Å². The second-order valence-corrected chi connectivity index (χ2v) is 4.90. The molecule has 0 spiro atoms. The second kappa shape index (κ2) is 4.37. The van der Waals surface area contributed by atoms with Gasteiger partial charge in [0.05, 0.1) is 0 Å². The van der Waals surface area contributed by atoms with E-state index in [0.29, 0.717) is 12.1 Å². The first-order chi connectivity index (χ1) is 8.00. The van der Waals surface area contributed by atoms with Crippen LogP contribution in [0, 0.1) is 6.92 Å². The lowest BCUT2D eigenvalue weighted by atomic mass is 9.78. The first-order valence-electron chi connectivity index (χ1n) is 5.87. The second-order valence-electron chi connectivity index (χ2n) is 4.90. The summed E-state index contributed by atoms with van der Waals surface area (Å²) in [6.45, 7) is 2.29. The van der Waals surface area contributed by atoms with Crippen molar-refractivity contribution >= 4 is 5.91 Å². The Morgan fingerprint density at radius 1 is 1.53 bits per heavy atom. The Bertz CT molecular complexity index is 439. The van der Waals surface area contributed by atoms with Gasteiger partial charge in [-0.25, -0.2) is 0 Å². The Hall–Kier alpha value is -1.55. The van der Waals surface area contributed by atoms with E-state index in [1.165, 1.54) is 6.07 Å². The number of aromatic hydroxyl groups is 1. The van der Waals surface area contributed by atoms with E-state index in [2.05, 4.69) is 5.32 Å². The quantitative estimate of drug-likeness (QED) is 0.738. The van der Waals surface area contributed by atoms with Crippen LogP contribution in [0.25, 0.3) is 0 Å². The van der Waals surface area contributed by atoms with Gasteiger partial charge in [0.2, 0.25) is 0 Å². The summed E-state index contributed by atoms with van der Waals surface area (Å²) in [7, 11) is 0. The molecular formula is C13H18N2O2. The van der Waals surface area contributed by atoms with E-state index in [9.17, 15) is 9.90 Å². The Labute approximate surface area is 101 Å². The zero-order valence-corrected chi connectivity index (χ0v) is 9.99. The summed E-state index contributed by atoms with van der Waals surface area (Å²) in [4.78, 5) is 11.8. The minimum atomic E-state index is -0.220. The van der Waals surface area contributed by atoms with Gasteiger partial charge in [0, 0.05) is 17.6 Å². The van der Waals surface area contributed by atoms with Crippen molar-refractivity contribution in [2.75, 3.05) is 6.54 Å². The fourth-order valence-corrected chi connectivity index (χ4v) is 1.92. The number of hydrogen-bond acceptors (Lipinski definition) is 3. The first-order valence-corrected chi connectivity index (χ1v) is 5.87. The van der Waals surface area contributed by atoms with Gasteiger partial charge in [-0.3, -0.25) is 4.79 Å². The van der Waals surface area contributed by atoms with Crippen LogP contribution in [-0.2, 0) is 0 Å². The summed E-state index contributed by atoms with van der Waals surface area (Å²) in [5.41, 5.74) is 7.03. The molecule has 0 unspecified atom stereocenters. The third-order valence-corrected chi connectivity index (χ3v) is 3.42. The molecule has 4 N–H and O–H groups in total. The van der Waals surface area contributed by atoms with Gasteiger partial charge in [-0.05, 0) is 43.9 Å². The van der Waals surface area contributed by atoms with E-state index < -0.39 is 0 Å². The molecule has 0 saturated heterocycles. The molecule has 1 fully saturated rings. The molecular weight excluding hydrogens is 216 g/mol. The van der Waals surface area contributed by atoms with E-state index >= 15 is 0 Å². The molecule has 1 aliphatic rings. The molecule has 1 amide bonds. The topological polar surface area (TPSA) is 75.4 Å². The molecule has 0 heterocycles. The van der Waals surface area contributed by atoms with Gasteiger partial charge in [-0.1, -0.05) is 6.07 Å². The third-order valence-electron chi connectivity index (χ3n) is 3.42. The number of aryl methyl sites for hydroxylation is 1. The summed E-state index contributed by atoms with van der Waals surface area (Å²) in [6.07, 6.45) is 3.07. The SMILES string of the molecule is Cc1ccc(C(=O)NCC2(N)CCC2)cc1O. The van der Waals surface area contributed by atoms with Gasteiger partial charge in [-0.2, -0.15) is 0 Å². The lowest BCUT2D eigenvalue weighted by molar-refractivity contribution is 0.0929. The average Bonchev–Trinajstić information content (AvgIpc) is 2.27. The van der Waals surface area contributed by atoms with Gasteiger partial charge >= 0.3 is 0 Å². The fraction of sp³-hybridized carbons (Fsp3) is 0.462. The molecule has 2 rings (SSSR count). The minimum Gasteiger partial charge on any atom is -0.508 e. The minimum absolute atomic E-state index is 0.142. The number of carbonyl (C=O) groups is 1. The van der Waals surface area contributed by atoms with Crippen LogP contribution >= 0.6 is 0 Å². The van der Waals surface area contributed by atoms with Crippen molar-refractivity contribution < 1.29 is 9.90 Å². The number of amides is 1. The number of carbonyl (C=O) groups excluding carboxylic acids is 1. The van der Waals surface area contributed by atoms with Gasteiger partial charge < -0.3 is 16.2 Å². The number of nitrogens with one attached hydrogen (secondary N) is 1. The highest BCUT2D eigenvalue weighted by molar-refractivity contribution is 5.94. The summed E-state index contributed by atoms with van der Waals surface area (Å²) in [5.74, 6) is -0.0409. The highest BCUT2D eigenvalue weighted by atomic mass is 16.3. The van der Waals surface area contributed by atoms with E-state index in [4.69, 9.17) is 5.73 Å². The zero-order chi connectivity index (χ0) is 12.5. The van der Waals surface area contributed by atoms with Crippen molar-refractivity contribution in [3.8, 4) is 5.75 Å². The summed E-state index contributed by atoms with van der Waals surface area (Å²) < 4.78 is 0. The molecule has 1 aromatic rings. The molecule has 0 atom stereocenters. The van der Waals surface area contributed by atoms with Gasteiger partial charge in [0.25, 0.3) is 5.91 Å². The number of phenols is 1. The monoisotopic (exact) mass is 234 g/mol. The van der Waals surface area contributed by atoms with E-state index in [1.54, 1.807) is 19.1 Å². The number of rotatable bonds is 3. The molecule has 4 heteroatoms. The number of phenolic OH excluding ortho intramolecular Hbond substituents is 1. The van der Waals surface area contributed by atoms with Gasteiger partial charge in [0.1, 0.15) is 5.75 Å². The lowest BCUT2D eigenvalue weighted by Gasteiger charge is -2.38. The largest absolute Gasteiger partial charge is 0.508 e. The van der Waals surface area contributed by atoms with Crippen molar-refractivity contribution in [1.82, 2.24) is 5.32 Å². The molecule has 1 saturated carbocycles. The number of nitrogens with two attached hydrogens (primary N) is 1. The lowest BCUT2D eigenvalue weighted by Crippen LogP contribution is -2.54. The van der Waals surface area contributed by atoms with Crippen LogP contribution in [0.3, 0.4) is 0 Å². The van der Waals surface area contributed by atoms with Crippen molar-refractivity contribution in [1.29, 1.82) is 0 Å². The smallest absolute Gasteiger partial charge is 0.251 e. The standard InChI is InChI=1S/C13H18N2O2/c1-9-3-4-10(7-11(9)16)12(17)15-8-13(14)5-2-6-13/h3-4,7,16H,2,5-6,8,14H2,1H3,(H,15,17). The Balaban J connectivity index is 1.97. The molecule has 0 bridgehead atoms. The zero-order valence-electron chi connectivity index (χ0n) is 9.99. The number of benzene rings is 1. The molecule has 1 aliphatic carbocycles. The van der Waals surface area contributed by atoms with Crippen LogP contribution in [0.1, 0.15) is 35.2 Å². The van der Waals surface area contributed by atoms with Crippen LogP contribution in [0.15, 0.2) is 18.2 Å². The average molecular weight is 234 g/mol.